The van der Waals surface area contributed by atoms with Gasteiger partial charge in [-0.3, -0.25) is 0 Å². The van der Waals surface area contributed by atoms with Crippen molar-refractivity contribution >= 4 is 0 Å². The third kappa shape index (κ3) is 5.54. The van der Waals surface area contributed by atoms with Gasteiger partial charge in [0.15, 0.2) is 0 Å². The van der Waals surface area contributed by atoms with Gasteiger partial charge in [0.05, 0.1) is 6.26 Å². The molecule has 0 saturated heterocycles. The Morgan fingerprint density at radius 1 is 1.71 bits per heavy atom. The molecule has 0 aromatic rings. The fraction of sp³-hybridized carbons (Fsp3) is 0.500. The average molecular weight is 99.2 g/mol. The van der Waals surface area contributed by atoms with Crippen molar-refractivity contribution in [2.24, 2.45) is 0 Å². The van der Waals surface area contributed by atoms with E-state index in [2.05, 4.69) is 18.8 Å². The standard InChI is InChI=1S/C6H11O/c1-3-4-5-6-7-2/h5-6H,2-4H2,1H3/b6-5+. The van der Waals surface area contributed by atoms with Gasteiger partial charge in [0, 0.05) is 0 Å². The Bertz CT molecular complexity index is 48.1. The highest BCUT2D eigenvalue weighted by atomic mass is 16.5. The number of unbranched alkanes of at least 4 members (excludes halogenated alkanes) is 1. The molecule has 0 fully saturated rings. The minimum atomic E-state index is 1.08. The molecule has 0 aromatic carbocycles. The molecule has 0 spiro atoms. The largest absolute Gasteiger partial charge is 0.498 e. The summed E-state index contributed by atoms with van der Waals surface area (Å²) in [4.78, 5) is 0. The maximum atomic E-state index is 4.41. The Morgan fingerprint density at radius 2 is 2.43 bits per heavy atom. The summed E-state index contributed by atoms with van der Waals surface area (Å²) >= 11 is 0. The summed E-state index contributed by atoms with van der Waals surface area (Å²) in [5.41, 5.74) is 0. The Balaban J connectivity index is 2.78. The van der Waals surface area contributed by atoms with Crippen LogP contribution in [-0.2, 0) is 4.74 Å². The molecule has 1 heteroatoms. The van der Waals surface area contributed by atoms with E-state index in [0.29, 0.717) is 0 Å². The van der Waals surface area contributed by atoms with Gasteiger partial charge in [-0.15, -0.1) is 0 Å². The van der Waals surface area contributed by atoms with Gasteiger partial charge in [-0.05, 0) is 12.5 Å². The van der Waals surface area contributed by atoms with Gasteiger partial charge in [-0.25, -0.2) is 0 Å². The van der Waals surface area contributed by atoms with Gasteiger partial charge in [0.1, 0.15) is 7.11 Å². The lowest BCUT2D eigenvalue weighted by Gasteiger charge is -1.83. The monoisotopic (exact) mass is 99.1 g/mol. The molecule has 0 aliphatic rings. The number of allylic oxidation sites excluding steroid dienone is 1. The summed E-state index contributed by atoms with van der Waals surface area (Å²) in [5.74, 6) is 0. The Labute approximate surface area is 45.0 Å². The molecule has 0 amide bonds. The van der Waals surface area contributed by atoms with E-state index in [1.165, 1.54) is 6.42 Å². The van der Waals surface area contributed by atoms with Crippen molar-refractivity contribution in [2.75, 3.05) is 0 Å². The van der Waals surface area contributed by atoms with E-state index in [-0.39, 0.29) is 0 Å². The highest BCUT2D eigenvalue weighted by Crippen LogP contribution is 1.87. The van der Waals surface area contributed by atoms with Crippen molar-refractivity contribution in [2.45, 2.75) is 19.8 Å². The maximum absolute atomic E-state index is 4.41. The molecule has 7 heavy (non-hydrogen) atoms. The van der Waals surface area contributed by atoms with Crippen LogP contribution >= 0.6 is 0 Å². The van der Waals surface area contributed by atoms with Crippen LogP contribution in [0.4, 0.5) is 0 Å². The van der Waals surface area contributed by atoms with Crippen LogP contribution in [-0.4, -0.2) is 0 Å². The molecule has 0 aliphatic carbocycles. The van der Waals surface area contributed by atoms with Crippen LogP contribution < -0.4 is 0 Å². The third-order valence-electron chi connectivity index (χ3n) is 0.648. The molecular formula is C6H11O. The maximum Gasteiger partial charge on any atom is 0.121 e. The summed E-state index contributed by atoms with van der Waals surface area (Å²) in [6, 6.07) is 0. The van der Waals surface area contributed by atoms with E-state index in [0.717, 1.165) is 6.42 Å². The highest BCUT2D eigenvalue weighted by Gasteiger charge is 1.68. The topological polar surface area (TPSA) is 9.23 Å². The van der Waals surface area contributed by atoms with Crippen LogP contribution in [0.1, 0.15) is 19.8 Å². The number of hydrogen-bond donors (Lipinski definition) is 0. The molecule has 1 nitrogen and oxygen atoms in total. The van der Waals surface area contributed by atoms with E-state index in [4.69, 9.17) is 0 Å². The third-order valence-corrected chi connectivity index (χ3v) is 0.648. The van der Waals surface area contributed by atoms with Gasteiger partial charge in [0.25, 0.3) is 0 Å². The summed E-state index contributed by atoms with van der Waals surface area (Å²) < 4.78 is 4.41. The fourth-order valence-electron chi connectivity index (χ4n) is 0.303. The van der Waals surface area contributed by atoms with Crippen LogP contribution in [0.2, 0.25) is 0 Å². The first-order chi connectivity index (χ1) is 3.41. The molecule has 1 radical (unpaired) electrons. The van der Waals surface area contributed by atoms with E-state index < -0.39 is 0 Å². The lowest BCUT2D eigenvalue weighted by molar-refractivity contribution is 0.392. The molecule has 41 valence electrons. The highest BCUT2D eigenvalue weighted by molar-refractivity contribution is 4.71. The zero-order chi connectivity index (χ0) is 5.54. The second kappa shape index (κ2) is 5.54. The first-order valence-corrected chi connectivity index (χ1v) is 2.47. The Morgan fingerprint density at radius 3 is 2.86 bits per heavy atom. The van der Waals surface area contributed by atoms with Crippen LogP contribution in [0.3, 0.4) is 0 Å². The fourth-order valence-corrected chi connectivity index (χ4v) is 0.303. The van der Waals surface area contributed by atoms with E-state index >= 15 is 0 Å². The molecule has 0 bridgehead atoms. The number of ether oxygens (including phenoxy) is 1. The molecule has 0 unspecified atom stereocenters. The number of hydrogen-bond acceptors (Lipinski definition) is 1. The summed E-state index contributed by atoms with van der Waals surface area (Å²) in [6.07, 6.45) is 5.80. The van der Waals surface area contributed by atoms with Gasteiger partial charge in [-0.1, -0.05) is 13.3 Å². The van der Waals surface area contributed by atoms with Gasteiger partial charge in [0.2, 0.25) is 0 Å². The second-order valence-corrected chi connectivity index (χ2v) is 1.33. The molecule has 0 rings (SSSR count). The van der Waals surface area contributed by atoms with Crippen molar-refractivity contribution in [1.82, 2.24) is 0 Å². The average Bonchev–Trinajstić information content (AvgIpc) is 1.69. The zero-order valence-electron chi connectivity index (χ0n) is 4.68. The normalized spacial score (nSPS) is 10.0. The predicted octanol–water partition coefficient (Wildman–Crippen LogP) is 2.11. The van der Waals surface area contributed by atoms with E-state index in [9.17, 15) is 0 Å². The summed E-state index contributed by atoms with van der Waals surface area (Å²) in [5, 5.41) is 0. The summed E-state index contributed by atoms with van der Waals surface area (Å²) in [6.45, 7) is 2.12. The molecular weight excluding hydrogens is 88.1 g/mol. The van der Waals surface area contributed by atoms with Crippen LogP contribution in [0, 0.1) is 7.11 Å². The molecule has 0 aliphatic heterocycles. The van der Waals surface area contributed by atoms with Gasteiger partial charge < -0.3 is 4.74 Å². The van der Waals surface area contributed by atoms with Crippen molar-refractivity contribution in [3.05, 3.63) is 19.4 Å². The first-order valence-electron chi connectivity index (χ1n) is 2.47. The lowest BCUT2D eigenvalue weighted by atomic mass is 10.3. The van der Waals surface area contributed by atoms with Crippen molar-refractivity contribution in [3.8, 4) is 0 Å². The zero-order valence-corrected chi connectivity index (χ0v) is 4.68. The van der Waals surface area contributed by atoms with Crippen molar-refractivity contribution in [1.29, 1.82) is 0 Å². The lowest BCUT2D eigenvalue weighted by Crippen LogP contribution is -1.62. The van der Waals surface area contributed by atoms with E-state index in [1.807, 2.05) is 6.08 Å². The molecule has 0 aromatic heterocycles. The molecule has 0 atom stereocenters. The second-order valence-electron chi connectivity index (χ2n) is 1.33. The van der Waals surface area contributed by atoms with Crippen LogP contribution in [0.15, 0.2) is 12.3 Å². The summed E-state index contributed by atoms with van der Waals surface area (Å²) in [7, 11) is 3.17. The van der Waals surface area contributed by atoms with Crippen LogP contribution in [0.25, 0.3) is 0 Å². The minimum Gasteiger partial charge on any atom is -0.498 e. The van der Waals surface area contributed by atoms with E-state index in [1.54, 1.807) is 6.26 Å². The molecule has 0 N–H and O–H groups in total. The molecule has 0 heterocycles. The SMILES string of the molecule is [CH2]O/C=C/CCC. The smallest absolute Gasteiger partial charge is 0.121 e. The quantitative estimate of drug-likeness (QED) is 0.492. The van der Waals surface area contributed by atoms with Crippen LogP contribution in [0.5, 0.6) is 0 Å². The first kappa shape index (κ1) is 6.54. The number of rotatable bonds is 3. The minimum absolute atomic E-state index is 1.08. The Kier molecular flexibility index (Phi) is 5.18. The van der Waals surface area contributed by atoms with Crippen molar-refractivity contribution in [3.63, 3.8) is 0 Å². The predicted molar refractivity (Wildman–Crippen MR) is 30.5 cm³/mol. The van der Waals surface area contributed by atoms with Crippen molar-refractivity contribution < 1.29 is 4.74 Å². The molecule has 0 saturated carbocycles. The Hall–Kier alpha value is -0.460. The van der Waals surface area contributed by atoms with Gasteiger partial charge in [-0.2, -0.15) is 0 Å². The van der Waals surface area contributed by atoms with Gasteiger partial charge >= 0.3 is 0 Å².